The smallest absolute Gasteiger partial charge is 0.338 e. The molecule has 2 amide bonds. The summed E-state index contributed by atoms with van der Waals surface area (Å²) in [6.45, 7) is 12.6. The van der Waals surface area contributed by atoms with E-state index in [4.69, 9.17) is 15.2 Å². The van der Waals surface area contributed by atoms with Gasteiger partial charge in [0, 0.05) is 18.9 Å². The van der Waals surface area contributed by atoms with Crippen molar-refractivity contribution >= 4 is 17.8 Å². The van der Waals surface area contributed by atoms with Gasteiger partial charge < -0.3 is 36.1 Å². The highest BCUT2D eigenvalue weighted by Gasteiger charge is 2.47. The number of primary amides is 1. The second-order valence-corrected chi connectivity index (χ2v) is 9.45. The van der Waals surface area contributed by atoms with E-state index in [-0.39, 0.29) is 12.3 Å². The summed E-state index contributed by atoms with van der Waals surface area (Å²) in [6, 6.07) is -1.95. The van der Waals surface area contributed by atoms with E-state index in [0.29, 0.717) is 24.0 Å². The number of nitrogens with two attached hydrogens (primary N) is 1. The molecule has 7 atom stereocenters. The van der Waals surface area contributed by atoms with Crippen molar-refractivity contribution in [2.75, 3.05) is 0 Å². The molecule has 0 bridgehead atoms. The minimum absolute atomic E-state index is 0.152. The second kappa shape index (κ2) is 10.8. The molecule has 0 saturated carbocycles. The fourth-order valence-electron chi connectivity index (χ4n) is 4.22. The summed E-state index contributed by atoms with van der Waals surface area (Å²) in [5, 5.41) is 27.1. The van der Waals surface area contributed by atoms with Gasteiger partial charge in [-0.2, -0.15) is 0 Å². The number of carbonyl (C=O) groups is 3. The van der Waals surface area contributed by atoms with E-state index >= 15 is 0 Å². The van der Waals surface area contributed by atoms with Crippen molar-refractivity contribution in [2.45, 2.75) is 96.1 Å². The van der Waals surface area contributed by atoms with Gasteiger partial charge in [0.1, 0.15) is 12.2 Å². The second-order valence-electron chi connectivity index (χ2n) is 9.45. The van der Waals surface area contributed by atoms with Crippen LogP contribution in [0.4, 0.5) is 0 Å². The first-order valence-electron chi connectivity index (χ1n) is 11.2. The summed E-state index contributed by atoms with van der Waals surface area (Å²) in [6.07, 6.45) is -1.33. The number of aliphatic hydroxyl groups excluding tert-OH is 1. The molecule has 0 aromatic heterocycles. The zero-order valence-electron chi connectivity index (χ0n) is 20.0. The average Bonchev–Trinajstić information content (AvgIpc) is 2.68. The molecule has 33 heavy (non-hydrogen) atoms. The van der Waals surface area contributed by atoms with E-state index in [2.05, 4.69) is 17.2 Å². The molecule has 0 aromatic carbocycles. The minimum Gasteiger partial charge on any atom is -0.456 e. The number of rotatable bonds is 8. The molecule has 2 rings (SSSR count). The number of carbonyl (C=O) groups excluding carboxylic acids is 3. The lowest BCUT2D eigenvalue weighted by Gasteiger charge is -2.46. The van der Waals surface area contributed by atoms with Crippen LogP contribution in [0.2, 0.25) is 0 Å². The third kappa shape index (κ3) is 6.63. The van der Waals surface area contributed by atoms with Gasteiger partial charge >= 0.3 is 5.97 Å². The fourth-order valence-corrected chi connectivity index (χ4v) is 4.22. The summed E-state index contributed by atoms with van der Waals surface area (Å²) in [5.41, 5.74) is 6.35. The maximum Gasteiger partial charge on any atom is 0.338 e. The molecule has 0 spiro atoms. The Bertz CT molecular complexity index is 788. The Morgan fingerprint density at radius 2 is 2.06 bits per heavy atom. The van der Waals surface area contributed by atoms with Crippen molar-refractivity contribution in [2.24, 2.45) is 11.7 Å². The van der Waals surface area contributed by atoms with Gasteiger partial charge in [0.15, 0.2) is 11.9 Å². The van der Waals surface area contributed by atoms with Gasteiger partial charge in [-0.15, -0.1) is 0 Å². The molecule has 0 aromatic rings. The van der Waals surface area contributed by atoms with Gasteiger partial charge in [-0.3, -0.25) is 9.59 Å². The van der Waals surface area contributed by atoms with E-state index in [9.17, 15) is 24.6 Å². The number of aliphatic hydroxyl groups is 2. The van der Waals surface area contributed by atoms with Crippen LogP contribution in [-0.2, 0) is 23.9 Å². The molecule has 7 unspecified atom stereocenters. The van der Waals surface area contributed by atoms with Gasteiger partial charge in [0.05, 0.1) is 17.7 Å². The highest BCUT2D eigenvalue weighted by Crippen LogP contribution is 2.29. The topological polar surface area (TPSA) is 160 Å². The van der Waals surface area contributed by atoms with Crippen LogP contribution < -0.4 is 16.4 Å². The van der Waals surface area contributed by atoms with Gasteiger partial charge in [-0.1, -0.05) is 26.5 Å². The van der Waals surface area contributed by atoms with Crippen molar-refractivity contribution in [3.05, 3.63) is 23.8 Å². The Kier molecular flexibility index (Phi) is 8.81. The maximum atomic E-state index is 13.0. The lowest BCUT2D eigenvalue weighted by Crippen LogP contribution is -2.68. The van der Waals surface area contributed by atoms with Crippen LogP contribution in [0.5, 0.6) is 0 Å². The maximum absolute atomic E-state index is 13.0. The number of hydrogen-bond acceptors (Lipinski definition) is 8. The Labute approximate surface area is 194 Å². The number of nitrogens with one attached hydrogen (secondary N) is 2. The molecular weight excluding hydrogens is 430 g/mol. The molecule has 0 radical (unpaired) electrons. The van der Waals surface area contributed by atoms with Crippen LogP contribution in [0.1, 0.15) is 53.9 Å². The van der Waals surface area contributed by atoms with E-state index < -0.39 is 60.0 Å². The fraction of sp³-hybridized carbons (Fsp3) is 0.696. The van der Waals surface area contributed by atoms with Crippen LogP contribution in [0.3, 0.4) is 0 Å². The first-order chi connectivity index (χ1) is 15.3. The number of ether oxygens (including phenoxy) is 2. The Morgan fingerprint density at radius 3 is 2.58 bits per heavy atom. The number of allylic oxidation sites excluding steroid dienone is 1. The average molecular weight is 468 g/mol. The number of esters is 1. The van der Waals surface area contributed by atoms with Crippen molar-refractivity contribution in [3.63, 3.8) is 0 Å². The van der Waals surface area contributed by atoms with Gasteiger partial charge in [-0.25, -0.2) is 4.79 Å². The first kappa shape index (κ1) is 27.0. The summed E-state index contributed by atoms with van der Waals surface area (Å²) in [5.74, 6) is -3.46. The predicted octanol–water partition coefficient (Wildman–Crippen LogP) is 0.0256. The highest BCUT2D eigenvalue weighted by molar-refractivity contribution is 5.94. The lowest BCUT2D eigenvalue weighted by atomic mass is 9.89. The monoisotopic (exact) mass is 467 g/mol. The normalized spacial score (nSPS) is 33.5. The van der Waals surface area contributed by atoms with Crippen LogP contribution in [-0.4, -0.2) is 70.2 Å². The Balaban J connectivity index is 2.20. The van der Waals surface area contributed by atoms with Crippen LogP contribution in [0.25, 0.3) is 0 Å². The molecule has 6 N–H and O–H groups in total. The molecule has 2 aliphatic heterocycles. The Hall–Kier alpha value is -2.27. The number of hydrogen-bond donors (Lipinski definition) is 5. The molecule has 10 heteroatoms. The minimum atomic E-state index is -1.72. The lowest BCUT2D eigenvalue weighted by molar-refractivity contribution is -0.276. The highest BCUT2D eigenvalue weighted by atomic mass is 16.6. The van der Waals surface area contributed by atoms with E-state index in [1.54, 1.807) is 19.9 Å². The van der Waals surface area contributed by atoms with Crippen LogP contribution in [0.15, 0.2) is 23.8 Å². The number of amides is 2. The third-order valence-corrected chi connectivity index (χ3v) is 6.14. The van der Waals surface area contributed by atoms with Gasteiger partial charge in [0.25, 0.3) is 5.91 Å². The molecular formula is C23H37N3O7. The quantitative estimate of drug-likeness (QED) is 0.247. The van der Waals surface area contributed by atoms with Gasteiger partial charge in [-0.05, 0) is 38.7 Å². The molecule has 186 valence electrons. The van der Waals surface area contributed by atoms with Crippen LogP contribution in [0, 0.1) is 5.92 Å². The van der Waals surface area contributed by atoms with Crippen molar-refractivity contribution in [1.82, 2.24) is 10.6 Å². The van der Waals surface area contributed by atoms with E-state index in [1.165, 1.54) is 6.92 Å². The third-order valence-electron chi connectivity index (χ3n) is 6.14. The summed E-state index contributed by atoms with van der Waals surface area (Å²) >= 11 is 0. The van der Waals surface area contributed by atoms with Gasteiger partial charge in [0.2, 0.25) is 5.91 Å². The van der Waals surface area contributed by atoms with E-state index in [0.717, 1.165) is 0 Å². The number of morpholine rings is 1. The number of cyclic esters (lactones) is 1. The SMILES string of the molecule is C=C1CC(C(CC(C)C)NC(=O)C(O)C2OC(C)(O)C(C)NC2CC(N)=O)OC(=O)C1=CC. The van der Waals surface area contributed by atoms with E-state index in [1.807, 2.05) is 13.8 Å². The zero-order chi connectivity index (χ0) is 25.1. The predicted molar refractivity (Wildman–Crippen MR) is 120 cm³/mol. The molecule has 2 fully saturated rings. The molecule has 2 heterocycles. The molecule has 10 nitrogen and oxygen atoms in total. The van der Waals surface area contributed by atoms with Crippen molar-refractivity contribution < 1.29 is 34.1 Å². The molecule has 0 aliphatic carbocycles. The van der Waals surface area contributed by atoms with Crippen LogP contribution >= 0.6 is 0 Å². The Morgan fingerprint density at radius 1 is 1.42 bits per heavy atom. The first-order valence-corrected chi connectivity index (χ1v) is 11.2. The van der Waals surface area contributed by atoms with Crippen molar-refractivity contribution in [1.29, 1.82) is 0 Å². The zero-order valence-corrected chi connectivity index (χ0v) is 20.0. The summed E-state index contributed by atoms with van der Waals surface area (Å²) < 4.78 is 11.2. The standard InChI is InChI=1S/C23H37N3O7/c1-7-14-12(4)9-17(32-22(14)30)15(8-11(2)3)26-21(29)19(28)20-16(10-18(24)27)25-13(5)23(6,31)33-20/h7,11,13,15-17,19-20,25,28,31H,4,8-10H2,1-3,5-6H3,(H2,24,27)(H,26,29). The molecule has 2 saturated heterocycles. The van der Waals surface area contributed by atoms with Crippen molar-refractivity contribution in [3.8, 4) is 0 Å². The summed E-state index contributed by atoms with van der Waals surface area (Å²) in [7, 11) is 0. The molecule has 2 aliphatic rings. The summed E-state index contributed by atoms with van der Waals surface area (Å²) in [4.78, 5) is 36.9. The largest absolute Gasteiger partial charge is 0.456 e.